The largest absolute Gasteiger partial charge is 0.573 e. The molecule has 0 spiro atoms. The highest BCUT2D eigenvalue weighted by Crippen LogP contribution is 2.35. The molecule has 5 nitrogen and oxygen atoms in total. The van der Waals surface area contributed by atoms with Crippen LogP contribution >= 0.6 is 0 Å². The standard InChI is InChI=1S/C24H23F3N2O3S/c25-24(26,27)32-21-11-13-22(14-12-21)33(30,31)28-23(20-9-5-2-6-10-20)15-16-29(18-23)17-19-7-3-1-4-8-19/h1-14,28H,15-18H2. The number of nitrogens with one attached hydrogen (secondary N) is 1. The summed E-state index contributed by atoms with van der Waals surface area (Å²) in [5, 5.41) is 0. The van der Waals surface area contributed by atoms with E-state index in [0.29, 0.717) is 26.1 Å². The number of hydrogen-bond donors (Lipinski definition) is 1. The number of halogens is 3. The Bertz CT molecular complexity index is 1170. The summed E-state index contributed by atoms with van der Waals surface area (Å²) in [4.78, 5) is 2.05. The Hall–Kier alpha value is -2.88. The normalized spacial score (nSPS) is 19.5. The summed E-state index contributed by atoms with van der Waals surface area (Å²) in [7, 11) is -4.02. The average molecular weight is 477 g/mol. The van der Waals surface area contributed by atoms with E-state index in [9.17, 15) is 21.6 Å². The minimum atomic E-state index is -4.85. The first-order valence-corrected chi connectivity index (χ1v) is 11.9. The van der Waals surface area contributed by atoms with Crippen molar-refractivity contribution in [2.24, 2.45) is 0 Å². The molecule has 0 aromatic heterocycles. The van der Waals surface area contributed by atoms with Crippen molar-refractivity contribution in [3.8, 4) is 5.75 Å². The van der Waals surface area contributed by atoms with Gasteiger partial charge < -0.3 is 4.74 Å². The second-order valence-corrected chi connectivity index (χ2v) is 9.70. The smallest absolute Gasteiger partial charge is 0.406 e. The van der Waals surface area contributed by atoms with Gasteiger partial charge in [-0.2, -0.15) is 4.72 Å². The second-order valence-electron chi connectivity index (χ2n) is 8.02. The Balaban J connectivity index is 1.58. The van der Waals surface area contributed by atoms with E-state index in [1.54, 1.807) is 0 Å². The SMILES string of the molecule is O=S(=O)(NC1(c2ccccc2)CCN(Cc2ccccc2)C1)c1ccc(OC(F)(F)F)cc1. The number of hydrogen-bond acceptors (Lipinski definition) is 4. The van der Waals surface area contributed by atoms with Crippen molar-refractivity contribution in [2.75, 3.05) is 13.1 Å². The predicted octanol–water partition coefficient (Wildman–Crippen LogP) is 4.66. The Morgan fingerprint density at radius 2 is 1.52 bits per heavy atom. The quantitative estimate of drug-likeness (QED) is 0.539. The van der Waals surface area contributed by atoms with Crippen LogP contribution in [0.3, 0.4) is 0 Å². The first-order chi connectivity index (χ1) is 15.7. The Morgan fingerprint density at radius 3 is 2.12 bits per heavy atom. The van der Waals surface area contributed by atoms with Gasteiger partial charge in [0, 0.05) is 19.6 Å². The summed E-state index contributed by atoms with van der Waals surface area (Å²) in [6.07, 6.45) is -4.29. The third kappa shape index (κ3) is 5.73. The predicted molar refractivity (Wildman–Crippen MR) is 118 cm³/mol. The summed E-state index contributed by atoms with van der Waals surface area (Å²) in [6.45, 7) is 1.83. The molecule has 1 aliphatic rings. The Morgan fingerprint density at radius 1 is 0.909 bits per heavy atom. The fourth-order valence-corrected chi connectivity index (χ4v) is 5.55. The van der Waals surface area contributed by atoms with Crippen LogP contribution in [0.5, 0.6) is 5.75 Å². The molecule has 0 radical (unpaired) electrons. The topological polar surface area (TPSA) is 58.6 Å². The molecule has 1 N–H and O–H groups in total. The maximum absolute atomic E-state index is 13.2. The lowest BCUT2D eigenvalue weighted by Crippen LogP contribution is -2.47. The molecule has 1 atom stereocenters. The number of alkyl halides is 3. The molecule has 4 rings (SSSR count). The van der Waals surface area contributed by atoms with E-state index in [1.807, 2.05) is 60.7 Å². The van der Waals surface area contributed by atoms with Crippen molar-refractivity contribution in [1.82, 2.24) is 9.62 Å². The number of ether oxygens (including phenoxy) is 1. The van der Waals surface area contributed by atoms with Crippen LogP contribution < -0.4 is 9.46 Å². The van der Waals surface area contributed by atoms with Crippen molar-refractivity contribution < 1.29 is 26.3 Å². The van der Waals surface area contributed by atoms with E-state index in [0.717, 1.165) is 35.4 Å². The molecule has 174 valence electrons. The van der Waals surface area contributed by atoms with Crippen LogP contribution in [0.1, 0.15) is 17.5 Å². The highest BCUT2D eigenvalue weighted by molar-refractivity contribution is 7.89. The zero-order valence-corrected chi connectivity index (χ0v) is 18.4. The summed E-state index contributed by atoms with van der Waals surface area (Å²) in [6, 6.07) is 23.5. The molecule has 3 aromatic rings. The zero-order chi connectivity index (χ0) is 23.5. The average Bonchev–Trinajstić information content (AvgIpc) is 3.17. The fourth-order valence-electron chi connectivity index (χ4n) is 4.14. The van der Waals surface area contributed by atoms with Crippen LogP contribution in [-0.2, 0) is 22.1 Å². The van der Waals surface area contributed by atoms with Crippen LogP contribution in [0.15, 0.2) is 89.8 Å². The van der Waals surface area contributed by atoms with Crippen molar-refractivity contribution in [3.05, 3.63) is 96.1 Å². The molecule has 1 aliphatic heterocycles. The zero-order valence-electron chi connectivity index (χ0n) is 17.6. The van der Waals surface area contributed by atoms with Gasteiger partial charge in [0.25, 0.3) is 0 Å². The molecule has 3 aromatic carbocycles. The summed E-state index contributed by atoms with van der Waals surface area (Å²) < 4.78 is 70.4. The molecule has 1 heterocycles. The molecular weight excluding hydrogens is 453 g/mol. The maximum Gasteiger partial charge on any atom is 0.573 e. The lowest BCUT2D eigenvalue weighted by molar-refractivity contribution is -0.274. The maximum atomic E-state index is 13.2. The number of nitrogens with zero attached hydrogens (tertiary/aromatic N) is 1. The number of sulfonamides is 1. The van der Waals surface area contributed by atoms with Gasteiger partial charge in [-0.15, -0.1) is 13.2 Å². The van der Waals surface area contributed by atoms with Crippen LogP contribution in [0, 0.1) is 0 Å². The first kappa shape index (κ1) is 23.3. The molecule has 0 bridgehead atoms. The van der Waals surface area contributed by atoms with Gasteiger partial charge in [0.1, 0.15) is 5.75 Å². The molecule has 0 amide bonds. The van der Waals surface area contributed by atoms with Crippen LogP contribution in [0.4, 0.5) is 13.2 Å². The highest BCUT2D eigenvalue weighted by Gasteiger charge is 2.43. The van der Waals surface area contributed by atoms with Crippen LogP contribution in [-0.4, -0.2) is 32.8 Å². The van der Waals surface area contributed by atoms with Gasteiger partial charge >= 0.3 is 6.36 Å². The van der Waals surface area contributed by atoms with Gasteiger partial charge in [0.05, 0.1) is 10.4 Å². The monoisotopic (exact) mass is 476 g/mol. The van der Waals surface area contributed by atoms with Crippen molar-refractivity contribution in [2.45, 2.75) is 29.8 Å². The molecule has 1 saturated heterocycles. The molecule has 0 saturated carbocycles. The Kier molecular flexibility index (Phi) is 6.47. The summed E-state index contributed by atoms with van der Waals surface area (Å²) in [5.41, 5.74) is 1.10. The van der Waals surface area contributed by atoms with Gasteiger partial charge in [0.2, 0.25) is 10.0 Å². The van der Waals surface area contributed by atoms with Crippen molar-refractivity contribution >= 4 is 10.0 Å². The molecule has 1 fully saturated rings. The van der Waals surface area contributed by atoms with Crippen molar-refractivity contribution in [3.63, 3.8) is 0 Å². The number of rotatable bonds is 7. The minimum absolute atomic E-state index is 0.131. The minimum Gasteiger partial charge on any atom is -0.406 e. The van der Waals surface area contributed by atoms with E-state index < -0.39 is 27.7 Å². The highest BCUT2D eigenvalue weighted by atomic mass is 32.2. The fraction of sp³-hybridized carbons (Fsp3) is 0.250. The van der Waals surface area contributed by atoms with Gasteiger partial charge in [-0.05, 0) is 41.8 Å². The third-order valence-corrected chi connectivity index (χ3v) is 7.17. The van der Waals surface area contributed by atoms with Crippen molar-refractivity contribution in [1.29, 1.82) is 0 Å². The molecule has 1 unspecified atom stereocenters. The van der Waals surface area contributed by atoms with E-state index in [2.05, 4.69) is 14.4 Å². The van der Waals surface area contributed by atoms with E-state index in [4.69, 9.17) is 0 Å². The van der Waals surface area contributed by atoms with Crippen LogP contribution in [0.2, 0.25) is 0 Å². The van der Waals surface area contributed by atoms with Gasteiger partial charge in [-0.25, -0.2) is 8.42 Å². The van der Waals surface area contributed by atoms with Gasteiger partial charge in [-0.3, -0.25) is 4.90 Å². The van der Waals surface area contributed by atoms with E-state index in [-0.39, 0.29) is 4.90 Å². The second kappa shape index (κ2) is 9.17. The van der Waals surface area contributed by atoms with Gasteiger partial charge in [-0.1, -0.05) is 60.7 Å². The summed E-state index contributed by atoms with van der Waals surface area (Å²) in [5.74, 6) is -0.478. The first-order valence-electron chi connectivity index (χ1n) is 10.4. The molecular formula is C24H23F3N2O3S. The molecule has 9 heteroatoms. The van der Waals surface area contributed by atoms with E-state index >= 15 is 0 Å². The third-order valence-electron chi connectivity index (χ3n) is 5.62. The molecule has 0 aliphatic carbocycles. The number of benzene rings is 3. The number of likely N-dealkylation sites (tertiary alicyclic amines) is 1. The lowest BCUT2D eigenvalue weighted by atomic mass is 9.90. The summed E-state index contributed by atoms with van der Waals surface area (Å²) >= 11 is 0. The lowest BCUT2D eigenvalue weighted by Gasteiger charge is -2.31. The van der Waals surface area contributed by atoms with E-state index in [1.165, 1.54) is 0 Å². The van der Waals surface area contributed by atoms with Gasteiger partial charge in [0.15, 0.2) is 0 Å². The Labute approximate surface area is 190 Å². The molecule has 33 heavy (non-hydrogen) atoms. The van der Waals surface area contributed by atoms with Crippen LogP contribution in [0.25, 0.3) is 0 Å².